The molecular weight excluding hydrogens is 222 g/mol. The summed E-state index contributed by atoms with van der Waals surface area (Å²) in [7, 11) is -3.33. The van der Waals surface area contributed by atoms with Gasteiger partial charge in [0.2, 0.25) is 10.0 Å². The average molecular weight is 239 g/mol. The van der Waals surface area contributed by atoms with Crippen molar-refractivity contribution in [2.45, 2.75) is 37.1 Å². The van der Waals surface area contributed by atoms with E-state index in [2.05, 4.69) is 4.72 Å². The molecule has 0 amide bonds. The molecular formula is C12H17NO2S. The summed E-state index contributed by atoms with van der Waals surface area (Å²) in [5.74, 6) is 0.730. The molecule has 0 heterocycles. The lowest BCUT2D eigenvalue weighted by Crippen LogP contribution is -2.32. The highest BCUT2D eigenvalue weighted by Crippen LogP contribution is 2.33. The van der Waals surface area contributed by atoms with Crippen molar-refractivity contribution in [3.63, 3.8) is 0 Å². The third-order valence-electron chi connectivity index (χ3n) is 2.79. The maximum Gasteiger partial charge on any atom is 0.240 e. The molecule has 0 radical (unpaired) electrons. The summed E-state index contributed by atoms with van der Waals surface area (Å²) >= 11 is 0. The van der Waals surface area contributed by atoms with Gasteiger partial charge in [-0.05, 0) is 31.4 Å². The quantitative estimate of drug-likeness (QED) is 0.855. The summed E-state index contributed by atoms with van der Waals surface area (Å²) < 4.78 is 26.6. The summed E-state index contributed by atoms with van der Waals surface area (Å²) in [5, 5.41) is 0. The van der Waals surface area contributed by atoms with Crippen LogP contribution < -0.4 is 4.72 Å². The van der Waals surface area contributed by atoms with Gasteiger partial charge in [0.25, 0.3) is 0 Å². The molecule has 0 bridgehead atoms. The Bertz CT molecular complexity index is 437. The molecule has 0 saturated heterocycles. The Labute approximate surface area is 96.9 Å². The van der Waals surface area contributed by atoms with Crippen LogP contribution in [-0.2, 0) is 10.0 Å². The van der Waals surface area contributed by atoms with Gasteiger partial charge in [0.05, 0.1) is 4.90 Å². The van der Waals surface area contributed by atoms with Crippen molar-refractivity contribution in [1.82, 2.24) is 4.72 Å². The Hall–Kier alpha value is -0.870. The molecule has 0 spiro atoms. The lowest BCUT2D eigenvalue weighted by molar-refractivity contribution is 0.530. The number of nitrogens with one attached hydrogen (secondary N) is 1. The molecule has 1 saturated carbocycles. The molecule has 0 aromatic heterocycles. The maximum absolute atomic E-state index is 11.9. The first-order chi connectivity index (χ1) is 7.58. The zero-order chi connectivity index (χ0) is 11.6. The zero-order valence-electron chi connectivity index (χ0n) is 9.39. The van der Waals surface area contributed by atoms with E-state index in [-0.39, 0.29) is 6.04 Å². The summed E-state index contributed by atoms with van der Waals surface area (Å²) in [5.41, 5.74) is 0. The Morgan fingerprint density at radius 1 is 1.31 bits per heavy atom. The monoisotopic (exact) mass is 239 g/mol. The topological polar surface area (TPSA) is 46.2 Å². The van der Waals surface area contributed by atoms with Crippen molar-refractivity contribution in [3.8, 4) is 0 Å². The molecule has 16 heavy (non-hydrogen) atoms. The predicted molar refractivity (Wildman–Crippen MR) is 63.6 cm³/mol. The average Bonchev–Trinajstić information content (AvgIpc) is 3.02. The fourth-order valence-corrected chi connectivity index (χ4v) is 3.11. The van der Waals surface area contributed by atoms with Gasteiger partial charge in [0.15, 0.2) is 0 Å². The summed E-state index contributed by atoms with van der Waals surface area (Å²) in [6.07, 6.45) is 3.45. The summed E-state index contributed by atoms with van der Waals surface area (Å²) in [6, 6.07) is 8.54. The van der Waals surface area contributed by atoms with E-state index < -0.39 is 10.0 Å². The molecule has 1 aromatic carbocycles. The van der Waals surface area contributed by atoms with Gasteiger partial charge in [0.1, 0.15) is 0 Å². The lowest BCUT2D eigenvalue weighted by Gasteiger charge is -2.13. The minimum atomic E-state index is -3.33. The highest BCUT2D eigenvalue weighted by atomic mass is 32.2. The second-order valence-electron chi connectivity index (χ2n) is 4.51. The van der Waals surface area contributed by atoms with Gasteiger partial charge in [-0.3, -0.25) is 0 Å². The number of hydrogen-bond donors (Lipinski definition) is 1. The van der Waals surface area contributed by atoms with E-state index in [1.807, 2.05) is 13.0 Å². The van der Waals surface area contributed by atoms with E-state index in [0.29, 0.717) is 4.90 Å². The number of hydrogen-bond acceptors (Lipinski definition) is 2. The van der Waals surface area contributed by atoms with Crippen LogP contribution in [0.4, 0.5) is 0 Å². The first-order valence-corrected chi connectivity index (χ1v) is 7.13. The second kappa shape index (κ2) is 4.55. The molecule has 1 aromatic rings. The minimum absolute atomic E-state index is 0.0257. The molecule has 1 unspecified atom stereocenters. The van der Waals surface area contributed by atoms with E-state index in [4.69, 9.17) is 0 Å². The van der Waals surface area contributed by atoms with Crippen molar-refractivity contribution in [3.05, 3.63) is 30.3 Å². The predicted octanol–water partition coefficient (Wildman–Crippen LogP) is 2.15. The van der Waals surface area contributed by atoms with Crippen LogP contribution in [0.1, 0.15) is 26.2 Å². The standard InChI is InChI=1S/C12H17NO2S/c1-10(9-11-7-8-11)13-16(14,15)12-5-3-2-4-6-12/h2-6,10-11,13H,7-9H2,1H3. The van der Waals surface area contributed by atoms with Gasteiger partial charge in [-0.1, -0.05) is 31.0 Å². The maximum atomic E-state index is 11.9. The third kappa shape index (κ3) is 3.06. The Balaban J connectivity index is 2.02. The molecule has 1 N–H and O–H groups in total. The fourth-order valence-electron chi connectivity index (χ4n) is 1.83. The largest absolute Gasteiger partial charge is 0.240 e. The first-order valence-electron chi connectivity index (χ1n) is 5.65. The molecule has 1 aliphatic carbocycles. The molecule has 0 aliphatic heterocycles. The third-order valence-corrected chi connectivity index (χ3v) is 4.40. The SMILES string of the molecule is CC(CC1CC1)NS(=O)(=O)c1ccccc1. The van der Waals surface area contributed by atoms with E-state index in [0.717, 1.165) is 12.3 Å². The minimum Gasteiger partial charge on any atom is -0.208 e. The Morgan fingerprint density at radius 2 is 1.94 bits per heavy atom. The van der Waals surface area contributed by atoms with E-state index in [1.54, 1.807) is 24.3 Å². The summed E-state index contributed by atoms with van der Waals surface area (Å²) in [4.78, 5) is 0.345. The molecule has 3 nitrogen and oxygen atoms in total. The van der Waals surface area contributed by atoms with Crippen molar-refractivity contribution < 1.29 is 8.42 Å². The van der Waals surface area contributed by atoms with Crippen LogP contribution >= 0.6 is 0 Å². The van der Waals surface area contributed by atoms with E-state index >= 15 is 0 Å². The number of benzene rings is 1. The van der Waals surface area contributed by atoms with Crippen LogP contribution in [0.2, 0.25) is 0 Å². The normalized spacial score (nSPS) is 18.3. The van der Waals surface area contributed by atoms with Crippen LogP contribution in [0.15, 0.2) is 35.2 Å². The summed E-state index contributed by atoms with van der Waals surface area (Å²) in [6.45, 7) is 1.93. The number of rotatable bonds is 5. The van der Waals surface area contributed by atoms with E-state index in [1.165, 1.54) is 12.8 Å². The number of sulfonamides is 1. The van der Waals surface area contributed by atoms with Gasteiger partial charge in [0, 0.05) is 6.04 Å². The second-order valence-corrected chi connectivity index (χ2v) is 6.23. The fraction of sp³-hybridized carbons (Fsp3) is 0.500. The van der Waals surface area contributed by atoms with Crippen molar-refractivity contribution in [2.75, 3.05) is 0 Å². The highest BCUT2D eigenvalue weighted by molar-refractivity contribution is 7.89. The molecule has 1 atom stereocenters. The van der Waals surface area contributed by atoms with Crippen molar-refractivity contribution in [2.24, 2.45) is 5.92 Å². The molecule has 88 valence electrons. The van der Waals surface area contributed by atoms with Crippen LogP contribution in [-0.4, -0.2) is 14.5 Å². The van der Waals surface area contributed by atoms with Gasteiger partial charge in [-0.2, -0.15) is 0 Å². The van der Waals surface area contributed by atoms with Gasteiger partial charge in [-0.15, -0.1) is 0 Å². The smallest absolute Gasteiger partial charge is 0.208 e. The van der Waals surface area contributed by atoms with Crippen LogP contribution in [0.3, 0.4) is 0 Å². The first kappa shape index (κ1) is 11.6. The molecule has 2 rings (SSSR count). The van der Waals surface area contributed by atoms with Crippen molar-refractivity contribution in [1.29, 1.82) is 0 Å². The molecule has 1 fully saturated rings. The van der Waals surface area contributed by atoms with Crippen LogP contribution in [0, 0.1) is 5.92 Å². The van der Waals surface area contributed by atoms with Crippen LogP contribution in [0.25, 0.3) is 0 Å². The van der Waals surface area contributed by atoms with Gasteiger partial charge in [-0.25, -0.2) is 13.1 Å². The van der Waals surface area contributed by atoms with Crippen molar-refractivity contribution >= 4 is 10.0 Å². The van der Waals surface area contributed by atoms with Gasteiger partial charge >= 0.3 is 0 Å². The zero-order valence-corrected chi connectivity index (χ0v) is 10.2. The Morgan fingerprint density at radius 3 is 2.50 bits per heavy atom. The molecule has 4 heteroatoms. The molecule has 1 aliphatic rings. The lowest BCUT2D eigenvalue weighted by atomic mass is 10.2. The Kier molecular flexibility index (Phi) is 3.30. The van der Waals surface area contributed by atoms with Crippen LogP contribution in [0.5, 0.6) is 0 Å². The highest BCUT2D eigenvalue weighted by Gasteiger charge is 2.26. The van der Waals surface area contributed by atoms with E-state index in [9.17, 15) is 8.42 Å². The van der Waals surface area contributed by atoms with Gasteiger partial charge < -0.3 is 0 Å².